The maximum atomic E-state index is 13.5. The molecule has 0 spiro atoms. The molecule has 0 unspecified atom stereocenters. The third-order valence-corrected chi connectivity index (χ3v) is 6.92. The number of nitrogens with zero attached hydrogens (tertiary/aromatic N) is 1. The Morgan fingerprint density at radius 2 is 1.66 bits per heavy atom. The number of anilines is 2. The first-order chi connectivity index (χ1) is 20.7. The molecule has 1 heterocycles. The van der Waals surface area contributed by atoms with Crippen LogP contribution in [0.5, 0.6) is 0 Å². The maximum Gasteiger partial charge on any atom is 0.389 e. The molecule has 3 rings (SSSR count). The summed E-state index contributed by atoms with van der Waals surface area (Å²) < 4.78 is 82.7. The molecule has 2 aromatic rings. The summed E-state index contributed by atoms with van der Waals surface area (Å²) >= 11 is 0. The van der Waals surface area contributed by atoms with E-state index in [1.54, 1.807) is 48.5 Å². The van der Waals surface area contributed by atoms with Crippen LogP contribution in [0.2, 0.25) is 0 Å². The average Bonchev–Trinajstić information content (AvgIpc) is 3.08. The molecule has 3 amide bonds. The zero-order valence-electron chi connectivity index (χ0n) is 23.7. The normalized spacial score (nSPS) is 16.6. The Kier molecular flexibility index (Phi) is 11.7. The first-order valence-electron chi connectivity index (χ1n) is 13.7. The highest BCUT2D eigenvalue weighted by Gasteiger charge is 2.39. The summed E-state index contributed by atoms with van der Waals surface area (Å²) in [6.07, 6.45) is -16.0. The Labute approximate surface area is 249 Å². The summed E-state index contributed by atoms with van der Waals surface area (Å²) in [7, 11) is 1.52. The van der Waals surface area contributed by atoms with E-state index in [-0.39, 0.29) is 5.71 Å². The third kappa shape index (κ3) is 9.96. The number of methoxy groups -OCH3 is 1. The van der Waals surface area contributed by atoms with Gasteiger partial charge in [0.2, 0.25) is 18.0 Å². The van der Waals surface area contributed by atoms with Gasteiger partial charge in [0.25, 0.3) is 5.91 Å². The summed E-state index contributed by atoms with van der Waals surface area (Å²) in [6, 6.07) is 13.7. The first-order valence-corrected chi connectivity index (χ1v) is 13.7. The van der Waals surface area contributed by atoms with Crippen LogP contribution >= 0.6 is 0 Å². The van der Waals surface area contributed by atoms with Crippen molar-refractivity contribution in [2.45, 2.75) is 50.6 Å². The van der Waals surface area contributed by atoms with Crippen molar-refractivity contribution in [3.05, 3.63) is 59.7 Å². The Balaban J connectivity index is 1.99. The van der Waals surface area contributed by atoms with Crippen molar-refractivity contribution in [1.82, 2.24) is 5.32 Å². The monoisotopic (exact) mass is 629 g/mol. The summed E-state index contributed by atoms with van der Waals surface area (Å²) in [5.41, 5.74) is 7.48. The minimum absolute atomic E-state index is 0.275. The molecule has 0 aliphatic carbocycles. The van der Waals surface area contributed by atoms with E-state index in [0.29, 0.717) is 35.7 Å². The summed E-state index contributed by atoms with van der Waals surface area (Å²) in [4.78, 5) is 43.6. The van der Waals surface area contributed by atoms with Crippen LogP contribution < -0.4 is 21.7 Å². The number of hydrogen-bond donors (Lipinski definition) is 4. The highest BCUT2D eigenvalue weighted by atomic mass is 19.4. The van der Waals surface area contributed by atoms with Crippen LogP contribution in [-0.4, -0.2) is 62.2 Å². The number of halogens is 6. The van der Waals surface area contributed by atoms with E-state index < -0.39 is 80.2 Å². The lowest BCUT2D eigenvalue weighted by Crippen LogP contribution is -2.48. The molecule has 1 aliphatic rings. The number of nitrogens with two attached hydrogens (primary N) is 1. The molecule has 0 aromatic heterocycles. The smallest absolute Gasteiger partial charge is 0.383 e. The number of alkyl halides is 6. The Bertz CT molecular complexity index is 1330. The molecular weight excluding hydrogens is 596 g/mol. The molecule has 1 aliphatic heterocycles. The van der Waals surface area contributed by atoms with Gasteiger partial charge in [-0.05, 0) is 25.3 Å². The molecule has 15 heteroatoms. The number of rotatable bonds is 14. The topological polar surface area (TPSA) is 135 Å². The molecule has 240 valence electrons. The van der Waals surface area contributed by atoms with Gasteiger partial charge < -0.3 is 26.4 Å². The molecular formula is C29H33F6N5O4. The van der Waals surface area contributed by atoms with Gasteiger partial charge in [-0.1, -0.05) is 42.5 Å². The molecule has 5 N–H and O–H groups in total. The highest BCUT2D eigenvalue weighted by Crippen LogP contribution is 2.33. The van der Waals surface area contributed by atoms with Gasteiger partial charge in [0.15, 0.2) is 0 Å². The second-order valence-electron chi connectivity index (χ2n) is 10.2. The second-order valence-corrected chi connectivity index (χ2v) is 10.2. The Morgan fingerprint density at radius 1 is 0.977 bits per heavy atom. The lowest BCUT2D eigenvalue weighted by molar-refractivity contribution is -0.147. The van der Waals surface area contributed by atoms with Crippen LogP contribution in [0.1, 0.15) is 43.2 Å². The van der Waals surface area contributed by atoms with Crippen molar-refractivity contribution in [2.75, 3.05) is 30.9 Å². The zero-order valence-corrected chi connectivity index (χ0v) is 23.7. The summed E-state index contributed by atoms with van der Waals surface area (Å²) in [5.74, 6) is -6.66. The SMILES string of the molecule is COCCNc1cccc2c1NC(=O)[C@@H](NC(=O)[C@H](CCCC(F)(F)F)[C@H](CCC(F)(F)F)C(N)=O)N=C2c1ccccc1. The van der Waals surface area contributed by atoms with E-state index in [4.69, 9.17) is 10.5 Å². The van der Waals surface area contributed by atoms with Crippen LogP contribution in [0.4, 0.5) is 37.7 Å². The molecule has 0 radical (unpaired) electrons. The van der Waals surface area contributed by atoms with Crippen LogP contribution in [-0.2, 0) is 19.1 Å². The van der Waals surface area contributed by atoms with Crippen LogP contribution in [0.15, 0.2) is 53.5 Å². The van der Waals surface area contributed by atoms with Crippen molar-refractivity contribution in [3.63, 3.8) is 0 Å². The van der Waals surface area contributed by atoms with Gasteiger partial charge in [-0.25, -0.2) is 4.99 Å². The van der Waals surface area contributed by atoms with Gasteiger partial charge in [0, 0.05) is 49.5 Å². The molecule has 0 bridgehead atoms. The molecule has 9 nitrogen and oxygen atoms in total. The number of benzene rings is 2. The lowest BCUT2D eigenvalue weighted by Gasteiger charge is -2.26. The number of fused-ring (bicyclic) bond motifs is 1. The predicted molar refractivity (Wildman–Crippen MR) is 151 cm³/mol. The molecule has 44 heavy (non-hydrogen) atoms. The van der Waals surface area contributed by atoms with Gasteiger partial charge in [-0.2, -0.15) is 26.3 Å². The van der Waals surface area contributed by atoms with E-state index in [0.717, 1.165) is 0 Å². The number of carbonyl (C=O) groups excluding carboxylic acids is 3. The molecule has 0 saturated heterocycles. The van der Waals surface area contributed by atoms with Crippen molar-refractivity contribution < 1.29 is 45.5 Å². The largest absolute Gasteiger partial charge is 0.389 e. The fraction of sp³-hybridized carbons (Fsp3) is 0.448. The fourth-order valence-corrected chi connectivity index (χ4v) is 4.83. The minimum Gasteiger partial charge on any atom is -0.383 e. The van der Waals surface area contributed by atoms with Gasteiger partial charge in [-0.15, -0.1) is 0 Å². The number of nitrogens with one attached hydrogen (secondary N) is 3. The lowest BCUT2D eigenvalue weighted by atomic mass is 9.83. The van der Waals surface area contributed by atoms with E-state index in [1.165, 1.54) is 7.11 Å². The maximum absolute atomic E-state index is 13.5. The number of para-hydroxylation sites is 1. The standard InChI is InChI=1S/C29H33F6N5O4/c1-44-16-15-37-21-11-5-9-20-22(17-7-3-2-4-8-17)38-25(27(43)39-23(20)21)40-26(42)19(10-6-13-28(30,31)32)18(24(36)41)12-14-29(33,34)35/h2-5,7-9,11,18-19,25,37H,6,10,12-16H2,1H3,(H2,36,41)(H,39,43)(H,40,42)/t18-,19+,25+/m0/s1. The quantitative estimate of drug-likeness (QED) is 0.177. The van der Waals surface area contributed by atoms with Crippen molar-refractivity contribution in [2.24, 2.45) is 22.6 Å². The van der Waals surface area contributed by atoms with E-state index in [1.807, 2.05) is 0 Å². The van der Waals surface area contributed by atoms with Gasteiger partial charge in [0.1, 0.15) is 0 Å². The zero-order chi connectivity index (χ0) is 32.5. The second kappa shape index (κ2) is 15.0. The minimum atomic E-state index is -4.71. The number of amides is 3. The van der Waals surface area contributed by atoms with Crippen LogP contribution in [0.3, 0.4) is 0 Å². The van der Waals surface area contributed by atoms with Gasteiger partial charge in [0.05, 0.1) is 23.7 Å². The average molecular weight is 630 g/mol. The Morgan fingerprint density at radius 3 is 2.27 bits per heavy atom. The van der Waals surface area contributed by atoms with Crippen LogP contribution in [0.25, 0.3) is 0 Å². The number of carbonyl (C=O) groups is 3. The predicted octanol–water partition coefficient (Wildman–Crippen LogP) is 4.77. The van der Waals surface area contributed by atoms with Gasteiger partial charge in [-0.3, -0.25) is 14.4 Å². The van der Waals surface area contributed by atoms with Crippen molar-refractivity contribution in [1.29, 1.82) is 0 Å². The van der Waals surface area contributed by atoms with Crippen LogP contribution in [0, 0.1) is 11.8 Å². The molecule has 2 aromatic carbocycles. The molecule has 0 saturated carbocycles. The Hall–Kier alpha value is -4.14. The van der Waals surface area contributed by atoms with Crippen molar-refractivity contribution >= 4 is 34.8 Å². The van der Waals surface area contributed by atoms with Gasteiger partial charge >= 0.3 is 12.4 Å². The number of benzodiazepines with no additional fused rings is 1. The number of hydrogen-bond acceptors (Lipinski definition) is 6. The highest BCUT2D eigenvalue weighted by molar-refractivity contribution is 6.21. The van der Waals surface area contributed by atoms with E-state index in [2.05, 4.69) is 20.9 Å². The molecule has 3 atom stereocenters. The fourth-order valence-electron chi connectivity index (χ4n) is 4.83. The third-order valence-electron chi connectivity index (χ3n) is 6.92. The summed E-state index contributed by atoms with van der Waals surface area (Å²) in [5, 5.41) is 8.20. The number of aliphatic imine (C=N–C) groups is 1. The van der Waals surface area contributed by atoms with E-state index >= 15 is 0 Å². The first kappa shape index (κ1) is 34.4. The molecule has 0 fully saturated rings. The van der Waals surface area contributed by atoms with E-state index in [9.17, 15) is 40.7 Å². The number of primary amides is 1. The summed E-state index contributed by atoms with van der Waals surface area (Å²) in [6.45, 7) is 0.730. The number of ether oxygens (including phenoxy) is 1. The van der Waals surface area contributed by atoms with Crippen molar-refractivity contribution in [3.8, 4) is 0 Å².